The highest BCUT2D eigenvalue weighted by Crippen LogP contribution is 2.41. The number of aromatic amines is 1. The Hall–Kier alpha value is -2.74. The summed E-state index contributed by atoms with van der Waals surface area (Å²) in [5, 5.41) is 2.64. The minimum Gasteiger partial charge on any atom is -0.493 e. The molecule has 1 heterocycles. The van der Waals surface area contributed by atoms with Crippen LogP contribution in [0.2, 0.25) is 0 Å². The van der Waals surface area contributed by atoms with Gasteiger partial charge in [0.25, 0.3) is 0 Å². The lowest BCUT2D eigenvalue weighted by Crippen LogP contribution is -2.15. The zero-order chi connectivity index (χ0) is 18.4. The summed E-state index contributed by atoms with van der Waals surface area (Å²) in [6.45, 7) is 1.36. The lowest BCUT2D eigenvalue weighted by atomic mass is 10.1. The fraction of sp³-hybridized carbons (Fsp3) is 0.412. The molecule has 2 rings (SSSR count). The molecule has 8 heteroatoms. The topological polar surface area (TPSA) is 89.3 Å². The van der Waals surface area contributed by atoms with Gasteiger partial charge in [-0.3, -0.25) is 4.99 Å². The van der Waals surface area contributed by atoms with Crippen molar-refractivity contribution in [2.24, 2.45) is 4.99 Å². The van der Waals surface area contributed by atoms with E-state index in [0.29, 0.717) is 40.6 Å². The second-order valence-electron chi connectivity index (χ2n) is 5.53. The Bertz CT molecular complexity index is 767. The maximum atomic E-state index is 12.0. The van der Waals surface area contributed by atoms with Gasteiger partial charge in [0.1, 0.15) is 5.56 Å². The molecular formula is C17H23N3O5. The van der Waals surface area contributed by atoms with E-state index in [2.05, 4.69) is 10.1 Å². The van der Waals surface area contributed by atoms with Crippen LogP contribution in [0.5, 0.6) is 17.2 Å². The number of likely N-dealkylation sites (N-methyl/N-ethyl adjacent to an activating group) is 1. The highest BCUT2D eigenvalue weighted by Gasteiger charge is 2.18. The summed E-state index contributed by atoms with van der Waals surface area (Å²) in [5.74, 6) is 1.43. The number of benzene rings is 1. The van der Waals surface area contributed by atoms with Crippen LogP contribution in [0, 0.1) is 0 Å². The molecule has 0 aliphatic rings. The summed E-state index contributed by atoms with van der Waals surface area (Å²) < 4.78 is 20.9. The van der Waals surface area contributed by atoms with Gasteiger partial charge in [0, 0.05) is 18.3 Å². The number of rotatable bonds is 8. The van der Waals surface area contributed by atoms with E-state index in [0.717, 1.165) is 6.54 Å². The van der Waals surface area contributed by atoms with Crippen molar-refractivity contribution >= 4 is 6.21 Å². The van der Waals surface area contributed by atoms with Crippen molar-refractivity contribution in [1.29, 1.82) is 0 Å². The zero-order valence-corrected chi connectivity index (χ0v) is 15.1. The van der Waals surface area contributed by atoms with Gasteiger partial charge < -0.3 is 23.6 Å². The van der Waals surface area contributed by atoms with Gasteiger partial charge in [0.15, 0.2) is 11.5 Å². The number of nitrogens with zero attached hydrogens (tertiary/aromatic N) is 2. The molecule has 1 aromatic heterocycles. The Morgan fingerprint density at radius 3 is 2.32 bits per heavy atom. The number of ether oxygens (including phenoxy) is 3. The molecule has 0 unspecified atom stereocenters. The van der Waals surface area contributed by atoms with Crippen molar-refractivity contribution in [1.82, 2.24) is 10.1 Å². The summed E-state index contributed by atoms with van der Waals surface area (Å²) in [6.07, 6.45) is 1.52. The number of hydrogen-bond donors (Lipinski definition) is 1. The van der Waals surface area contributed by atoms with E-state index >= 15 is 0 Å². The third-order valence-corrected chi connectivity index (χ3v) is 3.59. The second-order valence-corrected chi connectivity index (χ2v) is 5.53. The predicted octanol–water partition coefficient (Wildman–Crippen LogP) is 1.64. The van der Waals surface area contributed by atoms with E-state index in [4.69, 9.17) is 18.7 Å². The van der Waals surface area contributed by atoms with Gasteiger partial charge in [0.2, 0.25) is 5.75 Å². The van der Waals surface area contributed by atoms with Gasteiger partial charge in [0.05, 0.1) is 33.6 Å². The van der Waals surface area contributed by atoms with Crippen LogP contribution >= 0.6 is 0 Å². The summed E-state index contributed by atoms with van der Waals surface area (Å²) in [6, 6.07) is 3.47. The molecule has 0 fully saturated rings. The van der Waals surface area contributed by atoms with Crippen molar-refractivity contribution in [2.45, 2.75) is 0 Å². The molecule has 8 nitrogen and oxygen atoms in total. The monoisotopic (exact) mass is 349 g/mol. The lowest BCUT2D eigenvalue weighted by Gasteiger charge is -2.13. The minimum absolute atomic E-state index is 0.341. The number of aliphatic imine (C=N–C) groups is 1. The zero-order valence-electron chi connectivity index (χ0n) is 15.1. The summed E-state index contributed by atoms with van der Waals surface area (Å²) in [7, 11) is 8.51. The molecule has 0 atom stereocenters. The third kappa shape index (κ3) is 4.21. The number of H-pyrrole nitrogens is 1. The molecule has 136 valence electrons. The predicted molar refractivity (Wildman–Crippen MR) is 95.4 cm³/mol. The van der Waals surface area contributed by atoms with Crippen molar-refractivity contribution in [2.75, 3.05) is 48.5 Å². The molecule has 0 saturated heterocycles. The van der Waals surface area contributed by atoms with Gasteiger partial charge in [-0.2, -0.15) is 0 Å². The average Bonchev–Trinajstić information content (AvgIpc) is 2.97. The normalized spacial score (nSPS) is 11.3. The third-order valence-electron chi connectivity index (χ3n) is 3.59. The van der Waals surface area contributed by atoms with Crippen molar-refractivity contribution < 1.29 is 18.7 Å². The maximum Gasteiger partial charge on any atom is 0.366 e. The van der Waals surface area contributed by atoms with Gasteiger partial charge in [-0.1, -0.05) is 0 Å². The molecule has 1 N–H and O–H groups in total. The molecule has 0 spiro atoms. The van der Waals surface area contributed by atoms with Crippen LogP contribution in [0.25, 0.3) is 11.3 Å². The minimum atomic E-state index is -0.489. The Balaban J connectivity index is 2.44. The number of methoxy groups -OCH3 is 3. The molecule has 2 aromatic rings. The number of aromatic nitrogens is 1. The van der Waals surface area contributed by atoms with Crippen LogP contribution in [-0.4, -0.2) is 64.8 Å². The van der Waals surface area contributed by atoms with E-state index in [1.807, 2.05) is 19.0 Å². The summed E-state index contributed by atoms with van der Waals surface area (Å²) >= 11 is 0. The molecular weight excluding hydrogens is 326 g/mol. The Morgan fingerprint density at radius 2 is 1.80 bits per heavy atom. The van der Waals surface area contributed by atoms with Gasteiger partial charge in [-0.15, -0.1) is 0 Å². The van der Waals surface area contributed by atoms with Gasteiger partial charge in [-0.05, 0) is 26.2 Å². The quantitative estimate of drug-likeness (QED) is 0.729. The summed E-state index contributed by atoms with van der Waals surface area (Å²) in [4.78, 5) is 18.3. The van der Waals surface area contributed by atoms with Crippen LogP contribution < -0.4 is 19.8 Å². The molecule has 0 aliphatic carbocycles. The Kier molecular flexibility index (Phi) is 6.24. The highest BCUT2D eigenvalue weighted by molar-refractivity contribution is 5.88. The molecule has 0 saturated carbocycles. The first kappa shape index (κ1) is 18.6. The van der Waals surface area contributed by atoms with Crippen molar-refractivity contribution in [3.8, 4) is 28.5 Å². The van der Waals surface area contributed by atoms with Crippen LogP contribution in [0.3, 0.4) is 0 Å². The molecule has 0 radical (unpaired) electrons. The van der Waals surface area contributed by atoms with E-state index in [1.165, 1.54) is 27.5 Å². The molecule has 1 aromatic carbocycles. The standard InChI is InChI=1S/C17H23N3O5/c1-20(2)7-6-18-10-12-15(19-25-17(12)21)11-8-13(22-3)16(24-5)14(9-11)23-4/h8-10,19H,6-7H2,1-5H3. The molecule has 0 aliphatic heterocycles. The first-order valence-corrected chi connectivity index (χ1v) is 7.68. The van der Waals surface area contributed by atoms with E-state index in [1.54, 1.807) is 12.1 Å². The molecule has 0 bridgehead atoms. The lowest BCUT2D eigenvalue weighted by molar-refractivity contribution is 0.324. The fourth-order valence-corrected chi connectivity index (χ4v) is 2.28. The highest BCUT2D eigenvalue weighted by atomic mass is 16.5. The van der Waals surface area contributed by atoms with Crippen LogP contribution in [0.15, 0.2) is 26.4 Å². The fourth-order valence-electron chi connectivity index (χ4n) is 2.28. The number of nitrogens with one attached hydrogen (secondary N) is 1. The SMILES string of the molecule is COc1cc(-c2[nH]oc(=O)c2C=NCCN(C)C)cc(OC)c1OC. The number of hydrogen-bond acceptors (Lipinski definition) is 7. The molecule has 0 amide bonds. The molecule has 25 heavy (non-hydrogen) atoms. The van der Waals surface area contributed by atoms with E-state index < -0.39 is 5.63 Å². The van der Waals surface area contributed by atoms with Crippen LogP contribution in [0.1, 0.15) is 5.56 Å². The largest absolute Gasteiger partial charge is 0.493 e. The van der Waals surface area contributed by atoms with Crippen LogP contribution in [0.4, 0.5) is 0 Å². The Morgan fingerprint density at radius 1 is 1.16 bits per heavy atom. The van der Waals surface area contributed by atoms with E-state index in [-0.39, 0.29) is 0 Å². The van der Waals surface area contributed by atoms with Crippen molar-refractivity contribution in [3.05, 3.63) is 28.1 Å². The van der Waals surface area contributed by atoms with Crippen LogP contribution in [-0.2, 0) is 0 Å². The average molecular weight is 349 g/mol. The van der Waals surface area contributed by atoms with E-state index in [9.17, 15) is 4.79 Å². The van der Waals surface area contributed by atoms with Gasteiger partial charge in [-0.25, -0.2) is 9.95 Å². The second kappa shape index (κ2) is 8.39. The van der Waals surface area contributed by atoms with Gasteiger partial charge >= 0.3 is 5.63 Å². The first-order valence-electron chi connectivity index (χ1n) is 7.68. The first-order chi connectivity index (χ1) is 12.0. The Labute approximate surface area is 146 Å². The smallest absolute Gasteiger partial charge is 0.366 e. The maximum absolute atomic E-state index is 12.0. The summed E-state index contributed by atoms with van der Waals surface area (Å²) in [5.41, 5.74) is 1.01. The van der Waals surface area contributed by atoms with Crippen molar-refractivity contribution in [3.63, 3.8) is 0 Å².